The highest BCUT2D eigenvalue weighted by Gasteiger charge is 2.44. The number of carboxylic acid groups (broad SMARTS) is 1. The fraction of sp³-hybridized carbons (Fsp3) is 0.500. The molecule has 5 nitrogen and oxygen atoms in total. The highest BCUT2D eigenvalue weighted by molar-refractivity contribution is 6.07. The molecule has 1 N–H and O–H groups in total. The second-order valence-corrected chi connectivity index (χ2v) is 5.98. The van der Waals surface area contributed by atoms with Crippen molar-refractivity contribution in [2.75, 3.05) is 39.8 Å². The number of nitrogens with zero attached hydrogens (tertiary/aromatic N) is 2. The molecule has 1 saturated heterocycles. The molecule has 1 aromatic rings. The van der Waals surface area contributed by atoms with Crippen LogP contribution in [-0.2, 0) is 4.79 Å². The minimum Gasteiger partial charge on any atom is -0.481 e. The molecular weight excluding hydrogens is 268 g/mol. The Hall–Kier alpha value is -1.72. The van der Waals surface area contributed by atoms with Gasteiger partial charge in [-0.05, 0) is 12.6 Å². The molecule has 1 aliphatic carbocycles. The van der Waals surface area contributed by atoms with Crippen LogP contribution >= 0.6 is 0 Å². The van der Waals surface area contributed by atoms with Crippen LogP contribution in [-0.4, -0.2) is 66.4 Å². The predicted molar refractivity (Wildman–Crippen MR) is 78.6 cm³/mol. The molecule has 1 heterocycles. The summed E-state index contributed by atoms with van der Waals surface area (Å²) in [4.78, 5) is 28.6. The van der Waals surface area contributed by atoms with Gasteiger partial charge in [-0.1, -0.05) is 24.3 Å². The molecule has 112 valence electrons. The van der Waals surface area contributed by atoms with Gasteiger partial charge in [0.1, 0.15) is 0 Å². The lowest BCUT2D eigenvalue weighted by atomic mass is 9.91. The summed E-state index contributed by atoms with van der Waals surface area (Å²) in [6.07, 6.45) is 0. The highest BCUT2D eigenvalue weighted by Crippen LogP contribution is 2.38. The number of carboxylic acids is 1. The summed E-state index contributed by atoms with van der Waals surface area (Å²) in [5, 5.41) is 9.54. The van der Waals surface area contributed by atoms with Crippen molar-refractivity contribution in [3.8, 4) is 0 Å². The topological polar surface area (TPSA) is 60.9 Å². The first-order valence-corrected chi connectivity index (χ1v) is 7.35. The summed E-state index contributed by atoms with van der Waals surface area (Å²) in [5.41, 5.74) is 1.26. The summed E-state index contributed by atoms with van der Waals surface area (Å²) < 4.78 is 0. The van der Waals surface area contributed by atoms with Crippen LogP contribution in [0.2, 0.25) is 0 Å². The third-order valence-electron chi connectivity index (χ3n) is 4.62. The molecule has 0 amide bonds. The zero-order valence-electron chi connectivity index (χ0n) is 12.2. The average molecular weight is 288 g/mol. The maximum atomic E-state index is 12.5. The SMILES string of the molecule is CN1CCN(CC2C(=O)c3ccccc3C2C(=O)O)CC1. The van der Waals surface area contributed by atoms with Gasteiger partial charge in [-0.15, -0.1) is 0 Å². The monoisotopic (exact) mass is 288 g/mol. The molecule has 21 heavy (non-hydrogen) atoms. The van der Waals surface area contributed by atoms with Crippen molar-refractivity contribution in [3.63, 3.8) is 0 Å². The molecule has 0 saturated carbocycles. The largest absolute Gasteiger partial charge is 0.481 e. The van der Waals surface area contributed by atoms with Crippen LogP contribution in [0.5, 0.6) is 0 Å². The van der Waals surface area contributed by atoms with Gasteiger partial charge in [0.25, 0.3) is 0 Å². The van der Waals surface area contributed by atoms with E-state index in [9.17, 15) is 14.7 Å². The molecule has 5 heteroatoms. The summed E-state index contributed by atoms with van der Waals surface area (Å²) in [5.74, 6) is -2.07. The molecule has 2 unspecified atom stereocenters. The van der Waals surface area contributed by atoms with Crippen LogP contribution in [0, 0.1) is 5.92 Å². The summed E-state index contributed by atoms with van der Waals surface area (Å²) in [6.45, 7) is 4.25. The summed E-state index contributed by atoms with van der Waals surface area (Å²) in [7, 11) is 2.08. The first kappa shape index (κ1) is 14.2. The molecule has 0 aromatic heterocycles. The van der Waals surface area contributed by atoms with E-state index in [4.69, 9.17) is 0 Å². The second kappa shape index (κ2) is 5.58. The smallest absolute Gasteiger partial charge is 0.311 e. The minimum absolute atomic E-state index is 0.0167. The molecule has 1 fully saturated rings. The molecule has 0 radical (unpaired) electrons. The van der Waals surface area contributed by atoms with Crippen molar-refractivity contribution in [1.82, 2.24) is 9.80 Å². The number of ketones is 1. The van der Waals surface area contributed by atoms with Crippen LogP contribution in [0.3, 0.4) is 0 Å². The molecule has 2 atom stereocenters. The van der Waals surface area contributed by atoms with E-state index in [2.05, 4.69) is 16.8 Å². The fourth-order valence-electron chi connectivity index (χ4n) is 3.36. The van der Waals surface area contributed by atoms with E-state index in [0.717, 1.165) is 26.2 Å². The zero-order valence-corrected chi connectivity index (χ0v) is 12.2. The van der Waals surface area contributed by atoms with Gasteiger partial charge in [0.05, 0.1) is 11.8 Å². The lowest BCUT2D eigenvalue weighted by Gasteiger charge is -2.34. The normalized spacial score (nSPS) is 26.8. The number of piperazine rings is 1. The van der Waals surface area contributed by atoms with Crippen LogP contribution < -0.4 is 0 Å². The number of hydrogen-bond acceptors (Lipinski definition) is 4. The number of hydrogen-bond donors (Lipinski definition) is 1. The first-order chi connectivity index (χ1) is 10.1. The number of Topliss-reactive ketones (excluding diaryl/α,β-unsaturated/α-hetero) is 1. The van der Waals surface area contributed by atoms with E-state index in [1.165, 1.54) is 0 Å². The quantitative estimate of drug-likeness (QED) is 0.896. The highest BCUT2D eigenvalue weighted by atomic mass is 16.4. The van der Waals surface area contributed by atoms with Gasteiger partial charge >= 0.3 is 5.97 Å². The van der Waals surface area contributed by atoms with Gasteiger partial charge in [-0.25, -0.2) is 0 Å². The number of likely N-dealkylation sites (N-methyl/N-ethyl adjacent to an activating group) is 1. The van der Waals surface area contributed by atoms with E-state index in [1.54, 1.807) is 24.3 Å². The van der Waals surface area contributed by atoms with Crippen LogP contribution in [0.25, 0.3) is 0 Å². The van der Waals surface area contributed by atoms with Crippen LogP contribution in [0.15, 0.2) is 24.3 Å². The van der Waals surface area contributed by atoms with Crippen molar-refractivity contribution < 1.29 is 14.7 Å². The second-order valence-electron chi connectivity index (χ2n) is 5.98. The Kier molecular flexibility index (Phi) is 3.78. The Bertz CT molecular complexity index is 564. The Morgan fingerprint density at radius 1 is 1.24 bits per heavy atom. The van der Waals surface area contributed by atoms with Crippen molar-refractivity contribution in [2.24, 2.45) is 5.92 Å². The molecule has 0 bridgehead atoms. The van der Waals surface area contributed by atoms with E-state index < -0.39 is 17.8 Å². The number of aliphatic carboxylic acids is 1. The number of carbonyl (C=O) groups is 2. The lowest BCUT2D eigenvalue weighted by Crippen LogP contribution is -2.47. The van der Waals surface area contributed by atoms with Gasteiger partial charge in [0.2, 0.25) is 0 Å². The van der Waals surface area contributed by atoms with Crippen LogP contribution in [0.1, 0.15) is 21.8 Å². The standard InChI is InChI=1S/C16H20N2O3/c1-17-6-8-18(9-7-17)10-13-14(16(20)21)11-4-2-3-5-12(11)15(13)19/h2-5,13-14H,6-10H2,1H3,(H,20,21). The average Bonchev–Trinajstić information content (AvgIpc) is 2.75. The Labute approximate surface area is 124 Å². The van der Waals surface area contributed by atoms with Crippen molar-refractivity contribution in [2.45, 2.75) is 5.92 Å². The summed E-state index contributed by atoms with van der Waals surface area (Å²) in [6, 6.07) is 7.13. The van der Waals surface area contributed by atoms with Gasteiger partial charge in [0.15, 0.2) is 5.78 Å². The van der Waals surface area contributed by atoms with Crippen molar-refractivity contribution >= 4 is 11.8 Å². The molecule has 2 aliphatic rings. The summed E-state index contributed by atoms with van der Waals surface area (Å²) >= 11 is 0. The van der Waals surface area contributed by atoms with E-state index in [0.29, 0.717) is 17.7 Å². The molecule has 0 spiro atoms. The fourth-order valence-corrected chi connectivity index (χ4v) is 3.36. The van der Waals surface area contributed by atoms with Gasteiger partial charge in [-0.2, -0.15) is 0 Å². The van der Waals surface area contributed by atoms with E-state index in [1.807, 2.05) is 0 Å². The maximum absolute atomic E-state index is 12.5. The molecule has 1 aliphatic heterocycles. The third kappa shape index (κ3) is 2.59. The maximum Gasteiger partial charge on any atom is 0.311 e. The van der Waals surface area contributed by atoms with Crippen LogP contribution in [0.4, 0.5) is 0 Å². The third-order valence-corrected chi connectivity index (χ3v) is 4.62. The predicted octanol–water partition coefficient (Wildman–Crippen LogP) is 0.915. The first-order valence-electron chi connectivity index (χ1n) is 7.35. The number of fused-ring (bicyclic) bond motifs is 1. The van der Waals surface area contributed by atoms with Crippen molar-refractivity contribution in [3.05, 3.63) is 35.4 Å². The van der Waals surface area contributed by atoms with Gasteiger partial charge in [0, 0.05) is 38.3 Å². The van der Waals surface area contributed by atoms with Gasteiger partial charge in [-0.3, -0.25) is 9.59 Å². The molecule has 1 aromatic carbocycles. The number of benzene rings is 1. The Balaban J connectivity index is 1.82. The number of rotatable bonds is 3. The lowest BCUT2D eigenvalue weighted by molar-refractivity contribution is -0.139. The van der Waals surface area contributed by atoms with Gasteiger partial charge < -0.3 is 14.9 Å². The molecule has 3 rings (SSSR count). The zero-order chi connectivity index (χ0) is 15.0. The number of carbonyl (C=O) groups excluding carboxylic acids is 1. The van der Waals surface area contributed by atoms with Crippen molar-refractivity contribution in [1.29, 1.82) is 0 Å². The van der Waals surface area contributed by atoms with E-state index in [-0.39, 0.29) is 5.78 Å². The Morgan fingerprint density at radius 3 is 2.57 bits per heavy atom. The van der Waals surface area contributed by atoms with E-state index >= 15 is 0 Å². The molecular formula is C16H20N2O3. The minimum atomic E-state index is -0.896. The Morgan fingerprint density at radius 2 is 1.90 bits per heavy atom.